The monoisotopic (exact) mass is 222 g/mol. The average Bonchev–Trinajstić information content (AvgIpc) is 2.27. The Balaban J connectivity index is 2.31. The number of carbonyl (C=O) groups is 1. The first-order valence-corrected chi connectivity index (χ1v) is 5.47. The predicted molar refractivity (Wildman–Crippen MR) is 61.7 cm³/mol. The normalized spacial score (nSPS) is 12.5. The van der Waals surface area contributed by atoms with E-state index in [2.05, 4.69) is 0 Å². The van der Waals surface area contributed by atoms with Crippen LogP contribution in [0.25, 0.3) is 0 Å². The van der Waals surface area contributed by atoms with Crippen LogP contribution in [0.15, 0.2) is 30.3 Å². The fraction of sp³-hybridized carbons (Fsp3) is 0.462. The fourth-order valence-electron chi connectivity index (χ4n) is 1.20. The first kappa shape index (κ1) is 12.7. The average molecular weight is 222 g/mol. The molecule has 88 valence electrons. The molecule has 0 heterocycles. The highest BCUT2D eigenvalue weighted by Crippen LogP contribution is 2.08. The molecule has 0 saturated heterocycles. The van der Waals surface area contributed by atoms with E-state index in [1.165, 1.54) is 0 Å². The lowest BCUT2D eigenvalue weighted by Crippen LogP contribution is -2.20. The van der Waals surface area contributed by atoms with Crippen molar-refractivity contribution in [1.82, 2.24) is 0 Å². The van der Waals surface area contributed by atoms with Crippen molar-refractivity contribution in [3.05, 3.63) is 35.9 Å². The van der Waals surface area contributed by atoms with Crippen molar-refractivity contribution in [3.8, 4) is 0 Å². The molecule has 0 aromatic heterocycles. The lowest BCUT2D eigenvalue weighted by molar-refractivity contribution is -0.147. The zero-order valence-corrected chi connectivity index (χ0v) is 9.72. The van der Waals surface area contributed by atoms with Crippen molar-refractivity contribution in [2.75, 3.05) is 0 Å². The Morgan fingerprint density at radius 1 is 1.31 bits per heavy atom. The van der Waals surface area contributed by atoms with Gasteiger partial charge in [-0.2, -0.15) is 0 Å². The third-order valence-electron chi connectivity index (χ3n) is 2.39. The molecular formula is C13H18O3. The van der Waals surface area contributed by atoms with Crippen molar-refractivity contribution in [3.63, 3.8) is 0 Å². The maximum absolute atomic E-state index is 11.3. The zero-order chi connectivity index (χ0) is 12.0. The van der Waals surface area contributed by atoms with Gasteiger partial charge in [0.05, 0.1) is 12.5 Å². The fourth-order valence-corrected chi connectivity index (χ4v) is 1.20. The van der Waals surface area contributed by atoms with E-state index in [1.807, 2.05) is 44.2 Å². The topological polar surface area (TPSA) is 46.5 Å². The van der Waals surface area contributed by atoms with E-state index < -0.39 is 6.10 Å². The van der Waals surface area contributed by atoms with Crippen LogP contribution in [0.5, 0.6) is 0 Å². The second-order valence-electron chi connectivity index (χ2n) is 4.16. The lowest BCUT2D eigenvalue weighted by atomic mass is 10.1. The van der Waals surface area contributed by atoms with Crippen LogP contribution in [0.4, 0.5) is 0 Å². The number of carbonyl (C=O) groups excluding carboxylic acids is 1. The highest BCUT2D eigenvalue weighted by Gasteiger charge is 2.15. The number of rotatable bonds is 5. The van der Waals surface area contributed by atoms with E-state index in [1.54, 1.807) is 0 Å². The molecule has 0 amide bonds. The number of esters is 1. The molecule has 0 unspecified atom stereocenters. The first-order valence-electron chi connectivity index (χ1n) is 5.47. The van der Waals surface area contributed by atoms with E-state index in [0.29, 0.717) is 0 Å². The molecule has 1 aromatic carbocycles. The van der Waals surface area contributed by atoms with E-state index in [4.69, 9.17) is 4.74 Å². The van der Waals surface area contributed by atoms with Gasteiger partial charge < -0.3 is 9.84 Å². The van der Waals surface area contributed by atoms with Crippen LogP contribution >= 0.6 is 0 Å². The van der Waals surface area contributed by atoms with Gasteiger partial charge in [-0.3, -0.25) is 4.79 Å². The molecule has 0 fully saturated rings. The van der Waals surface area contributed by atoms with E-state index >= 15 is 0 Å². The number of hydrogen-bond acceptors (Lipinski definition) is 3. The summed E-state index contributed by atoms with van der Waals surface area (Å²) in [6, 6.07) is 9.49. The molecule has 3 nitrogen and oxygen atoms in total. The van der Waals surface area contributed by atoms with Crippen LogP contribution in [-0.2, 0) is 16.1 Å². The molecule has 1 N–H and O–H groups in total. The van der Waals surface area contributed by atoms with Crippen LogP contribution in [0.1, 0.15) is 25.8 Å². The molecule has 16 heavy (non-hydrogen) atoms. The Hall–Kier alpha value is -1.35. The van der Waals surface area contributed by atoms with Crippen molar-refractivity contribution in [1.29, 1.82) is 0 Å². The van der Waals surface area contributed by atoms with Crippen LogP contribution in [-0.4, -0.2) is 17.2 Å². The van der Waals surface area contributed by atoms with Gasteiger partial charge >= 0.3 is 5.97 Å². The first-order chi connectivity index (χ1) is 7.59. The summed E-state index contributed by atoms with van der Waals surface area (Å²) in [5, 5.41) is 9.49. The Morgan fingerprint density at radius 3 is 2.50 bits per heavy atom. The van der Waals surface area contributed by atoms with Crippen LogP contribution < -0.4 is 0 Å². The number of hydrogen-bond donors (Lipinski definition) is 1. The maximum atomic E-state index is 11.3. The molecule has 0 saturated carbocycles. The Kier molecular flexibility index (Phi) is 4.99. The van der Waals surface area contributed by atoms with Gasteiger partial charge in [-0.05, 0) is 11.5 Å². The van der Waals surface area contributed by atoms with Crippen LogP contribution in [0.3, 0.4) is 0 Å². The summed E-state index contributed by atoms with van der Waals surface area (Å²) < 4.78 is 5.05. The van der Waals surface area contributed by atoms with Crippen LogP contribution in [0, 0.1) is 5.92 Å². The summed E-state index contributed by atoms with van der Waals surface area (Å²) >= 11 is 0. The smallest absolute Gasteiger partial charge is 0.308 e. The molecule has 0 aliphatic carbocycles. The van der Waals surface area contributed by atoms with E-state index in [0.717, 1.165) is 5.56 Å². The summed E-state index contributed by atoms with van der Waals surface area (Å²) in [5.41, 5.74) is 0.954. The van der Waals surface area contributed by atoms with E-state index in [9.17, 15) is 9.90 Å². The van der Waals surface area contributed by atoms with Gasteiger partial charge in [-0.25, -0.2) is 0 Å². The number of aliphatic hydroxyl groups excluding tert-OH is 1. The zero-order valence-electron chi connectivity index (χ0n) is 9.72. The summed E-state index contributed by atoms with van der Waals surface area (Å²) in [7, 11) is 0. The van der Waals surface area contributed by atoms with Gasteiger partial charge in [-0.1, -0.05) is 44.2 Å². The van der Waals surface area contributed by atoms with Gasteiger partial charge in [0.1, 0.15) is 6.61 Å². The summed E-state index contributed by atoms with van der Waals surface area (Å²) in [6.07, 6.45) is -0.562. The van der Waals surface area contributed by atoms with Gasteiger partial charge in [0.15, 0.2) is 0 Å². The summed E-state index contributed by atoms with van der Waals surface area (Å²) in [4.78, 5) is 11.3. The molecule has 1 atom stereocenters. The maximum Gasteiger partial charge on any atom is 0.308 e. The molecule has 0 aliphatic rings. The number of aliphatic hydroxyl groups is 1. The molecule has 1 rings (SSSR count). The van der Waals surface area contributed by atoms with Gasteiger partial charge in [-0.15, -0.1) is 0 Å². The molecule has 0 bridgehead atoms. The molecular weight excluding hydrogens is 204 g/mol. The number of benzene rings is 1. The second-order valence-corrected chi connectivity index (χ2v) is 4.16. The lowest BCUT2D eigenvalue weighted by Gasteiger charge is -2.13. The standard InChI is InChI=1S/C13H18O3/c1-10(2)12(14)8-13(15)16-9-11-6-4-3-5-7-11/h3-7,10,12,14H,8-9H2,1-2H3/t12-/m0/s1. The van der Waals surface area contributed by atoms with Crippen molar-refractivity contribution >= 4 is 5.97 Å². The van der Waals surface area contributed by atoms with Crippen molar-refractivity contribution < 1.29 is 14.6 Å². The van der Waals surface area contributed by atoms with Gasteiger partial charge in [0, 0.05) is 0 Å². The third kappa shape index (κ3) is 4.45. The summed E-state index contributed by atoms with van der Waals surface area (Å²) in [5.74, 6) is -0.283. The largest absolute Gasteiger partial charge is 0.461 e. The Morgan fingerprint density at radius 2 is 1.94 bits per heavy atom. The molecule has 0 aliphatic heterocycles. The Labute approximate surface area is 96.1 Å². The SMILES string of the molecule is CC(C)[C@@H](O)CC(=O)OCc1ccccc1. The second kappa shape index (κ2) is 6.28. The molecule has 1 aromatic rings. The quantitative estimate of drug-likeness (QED) is 0.776. The minimum absolute atomic E-state index is 0.0600. The minimum Gasteiger partial charge on any atom is -0.461 e. The highest BCUT2D eigenvalue weighted by atomic mass is 16.5. The highest BCUT2D eigenvalue weighted by molar-refractivity contribution is 5.69. The third-order valence-corrected chi connectivity index (χ3v) is 2.39. The van der Waals surface area contributed by atoms with Crippen molar-refractivity contribution in [2.45, 2.75) is 33.0 Å². The van der Waals surface area contributed by atoms with Crippen molar-refractivity contribution in [2.24, 2.45) is 5.92 Å². The summed E-state index contributed by atoms with van der Waals surface area (Å²) in [6.45, 7) is 4.01. The van der Waals surface area contributed by atoms with E-state index in [-0.39, 0.29) is 24.9 Å². The Bertz CT molecular complexity index is 319. The van der Waals surface area contributed by atoms with Gasteiger partial charge in [0.2, 0.25) is 0 Å². The van der Waals surface area contributed by atoms with Gasteiger partial charge in [0.25, 0.3) is 0 Å². The molecule has 3 heteroatoms. The van der Waals surface area contributed by atoms with Crippen LogP contribution in [0.2, 0.25) is 0 Å². The molecule has 0 radical (unpaired) electrons. The minimum atomic E-state index is -0.622. The number of ether oxygens (including phenoxy) is 1. The molecule has 0 spiro atoms. The predicted octanol–water partition coefficient (Wildman–Crippen LogP) is 2.14.